The van der Waals surface area contributed by atoms with Gasteiger partial charge < -0.3 is 10.1 Å². The fourth-order valence-electron chi connectivity index (χ4n) is 1.33. The number of anilines is 1. The maximum absolute atomic E-state index is 11.2. The highest BCUT2D eigenvalue weighted by atomic mass is 32.1. The summed E-state index contributed by atoms with van der Waals surface area (Å²) in [5.41, 5.74) is 0.320. The molecule has 0 aliphatic carbocycles. The lowest BCUT2D eigenvalue weighted by Crippen LogP contribution is -2.07. The van der Waals surface area contributed by atoms with Crippen LogP contribution in [0.2, 0.25) is 0 Å². The van der Waals surface area contributed by atoms with E-state index in [-0.39, 0.29) is 0 Å². The highest BCUT2D eigenvalue weighted by Crippen LogP contribution is 2.15. The number of methoxy groups -OCH3 is 1. The van der Waals surface area contributed by atoms with Crippen molar-refractivity contribution in [2.75, 3.05) is 19.0 Å². The molecule has 0 radical (unpaired) electrons. The molecule has 2 heterocycles. The van der Waals surface area contributed by atoms with Crippen molar-refractivity contribution < 1.29 is 9.53 Å². The Labute approximate surface area is 108 Å². The van der Waals surface area contributed by atoms with Gasteiger partial charge in [0, 0.05) is 25.4 Å². The minimum Gasteiger partial charge on any atom is -0.464 e. The molecule has 0 spiro atoms. The van der Waals surface area contributed by atoms with Crippen molar-refractivity contribution in [3.05, 3.63) is 23.2 Å². The van der Waals surface area contributed by atoms with E-state index in [1.54, 1.807) is 16.4 Å². The maximum Gasteiger partial charge on any atom is 0.357 e. The number of nitrogens with zero attached hydrogens (tertiary/aromatic N) is 4. The second-order valence-corrected chi connectivity index (χ2v) is 4.40. The predicted octanol–water partition coefficient (Wildman–Crippen LogP) is 0.713. The SMILES string of the molecule is COC(=O)c1csc(NCCc2ncn(C)n2)n1. The van der Waals surface area contributed by atoms with Crippen LogP contribution in [0.1, 0.15) is 16.3 Å². The fourth-order valence-corrected chi connectivity index (χ4v) is 2.04. The Kier molecular flexibility index (Phi) is 3.88. The van der Waals surface area contributed by atoms with E-state index in [2.05, 4.69) is 25.1 Å². The first-order valence-corrected chi connectivity index (χ1v) is 6.19. The van der Waals surface area contributed by atoms with E-state index in [1.807, 2.05) is 7.05 Å². The standard InChI is InChI=1S/C10H13N5O2S/c1-15-6-12-8(14-15)3-4-11-10-13-7(5-18-10)9(16)17-2/h5-6H,3-4H2,1-2H3,(H,11,13). The van der Waals surface area contributed by atoms with Crippen LogP contribution < -0.4 is 5.32 Å². The number of rotatable bonds is 5. The number of nitrogens with one attached hydrogen (secondary N) is 1. The summed E-state index contributed by atoms with van der Waals surface area (Å²) in [5, 5.41) is 9.62. The Morgan fingerprint density at radius 2 is 2.44 bits per heavy atom. The summed E-state index contributed by atoms with van der Waals surface area (Å²) in [6, 6.07) is 0. The first-order valence-electron chi connectivity index (χ1n) is 5.31. The third-order valence-corrected chi connectivity index (χ3v) is 2.97. The van der Waals surface area contributed by atoms with Gasteiger partial charge in [0.1, 0.15) is 6.33 Å². The van der Waals surface area contributed by atoms with Gasteiger partial charge in [-0.25, -0.2) is 14.8 Å². The molecule has 2 aromatic rings. The molecule has 0 aliphatic heterocycles. The van der Waals surface area contributed by atoms with Gasteiger partial charge in [0.2, 0.25) is 0 Å². The summed E-state index contributed by atoms with van der Waals surface area (Å²) in [6.45, 7) is 0.665. The highest BCUT2D eigenvalue weighted by Gasteiger charge is 2.10. The molecule has 2 aromatic heterocycles. The van der Waals surface area contributed by atoms with Crippen molar-refractivity contribution >= 4 is 22.4 Å². The van der Waals surface area contributed by atoms with Gasteiger partial charge in [0.15, 0.2) is 16.6 Å². The third-order valence-electron chi connectivity index (χ3n) is 2.17. The Balaban J connectivity index is 1.83. The molecule has 0 saturated heterocycles. The first kappa shape index (κ1) is 12.5. The second-order valence-electron chi connectivity index (χ2n) is 3.54. The number of hydrogen-bond donors (Lipinski definition) is 1. The van der Waals surface area contributed by atoms with Gasteiger partial charge in [-0.05, 0) is 0 Å². The van der Waals surface area contributed by atoms with Crippen LogP contribution in [0.5, 0.6) is 0 Å². The van der Waals surface area contributed by atoms with Crippen LogP contribution in [0.3, 0.4) is 0 Å². The number of ether oxygens (including phenoxy) is 1. The molecule has 8 heteroatoms. The number of esters is 1. The maximum atomic E-state index is 11.2. The minimum absolute atomic E-state index is 0.320. The van der Waals surface area contributed by atoms with Crippen molar-refractivity contribution in [2.24, 2.45) is 7.05 Å². The van der Waals surface area contributed by atoms with Gasteiger partial charge in [0.25, 0.3) is 0 Å². The fraction of sp³-hybridized carbons (Fsp3) is 0.400. The van der Waals surface area contributed by atoms with Crippen LogP contribution in [0.15, 0.2) is 11.7 Å². The molecule has 0 bridgehead atoms. The van der Waals surface area contributed by atoms with E-state index in [9.17, 15) is 4.79 Å². The summed E-state index contributed by atoms with van der Waals surface area (Å²) in [5.74, 6) is 0.348. The topological polar surface area (TPSA) is 81.9 Å². The zero-order valence-electron chi connectivity index (χ0n) is 10.1. The molecule has 0 amide bonds. The molecular weight excluding hydrogens is 254 g/mol. The lowest BCUT2D eigenvalue weighted by Gasteiger charge is -1.99. The summed E-state index contributed by atoms with van der Waals surface area (Å²) in [7, 11) is 3.16. The first-order chi connectivity index (χ1) is 8.69. The number of hydrogen-bond acceptors (Lipinski definition) is 7. The van der Waals surface area contributed by atoms with Crippen LogP contribution >= 0.6 is 11.3 Å². The zero-order valence-corrected chi connectivity index (χ0v) is 10.9. The predicted molar refractivity (Wildman–Crippen MR) is 66.7 cm³/mol. The average molecular weight is 267 g/mol. The van der Waals surface area contributed by atoms with Crippen molar-refractivity contribution in [1.82, 2.24) is 19.7 Å². The molecule has 0 saturated carbocycles. The second kappa shape index (κ2) is 5.58. The summed E-state index contributed by atoms with van der Waals surface area (Å²) >= 11 is 1.36. The van der Waals surface area contributed by atoms with Gasteiger partial charge in [-0.3, -0.25) is 4.68 Å². The van der Waals surface area contributed by atoms with Crippen LogP contribution in [-0.4, -0.2) is 39.4 Å². The smallest absolute Gasteiger partial charge is 0.357 e. The third kappa shape index (κ3) is 3.04. The number of thiazole rings is 1. The molecule has 2 rings (SSSR count). The summed E-state index contributed by atoms with van der Waals surface area (Å²) in [4.78, 5) is 19.4. The Morgan fingerprint density at radius 1 is 1.61 bits per heavy atom. The van der Waals surface area contributed by atoms with Crippen LogP contribution in [0.25, 0.3) is 0 Å². The quantitative estimate of drug-likeness (QED) is 0.804. The number of carbonyl (C=O) groups is 1. The molecule has 1 N–H and O–H groups in total. The van der Waals surface area contributed by atoms with Crippen molar-refractivity contribution in [3.63, 3.8) is 0 Å². The zero-order chi connectivity index (χ0) is 13.0. The molecule has 7 nitrogen and oxygen atoms in total. The lowest BCUT2D eigenvalue weighted by molar-refractivity contribution is 0.0595. The van der Waals surface area contributed by atoms with Gasteiger partial charge >= 0.3 is 5.97 Å². The largest absolute Gasteiger partial charge is 0.464 e. The Morgan fingerprint density at radius 3 is 3.11 bits per heavy atom. The highest BCUT2D eigenvalue weighted by molar-refractivity contribution is 7.13. The van der Waals surface area contributed by atoms with E-state index in [0.717, 1.165) is 5.82 Å². The van der Waals surface area contributed by atoms with Gasteiger partial charge in [-0.2, -0.15) is 5.10 Å². The molecule has 0 aliphatic rings. The summed E-state index contributed by atoms with van der Waals surface area (Å²) in [6.07, 6.45) is 2.36. The molecule has 0 unspecified atom stereocenters. The van der Waals surface area contributed by atoms with Gasteiger partial charge in [-0.15, -0.1) is 11.3 Å². The van der Waals surface area contributed by atoms with E-state index in [1.165, 1.54) is 18.4 Å². The lowest BCUT2D eigenvalue weighted by atomic mass is 10.4. The van der Waals surface area contributed by atoms with E-state index in [4.69, 9.17) is 0 Å². The monoisotopic (exact) mass is 267 g/mol. The van der Waals surface area contributed by atoms with Crippen LogP contribution in [0.4, 0.5) is 5.13 Å². The van der Waals surface area contributed by atoms with E-state index in [0.29, 0.717) is 23.8 Å². The molecule has 0 atom stereocenters. The van der Waals surface area contributed by atoms with Crippen molar-refractivity contribution in [1.29, 1.82) is 0 Å². The van der Waals surface area contributed by atoms with Crippen molar-refractivity contribution in [2.45, 2.75) is 6.42 Å². The Bertz CT molecular complexity index is 536. The van der Waals surface area contributed by atoms with Crippen LogP contribution in [-0.2, 0) is 18.2 Å². The average Bonchev–Trinajstić information content (AvgIpc) is 2.98. The van der Waals surface area contributed by atoms with Crippen LogP contribution in [0, 0.1) is 0 Å². The molecule has 96 valence electrons. The van der Waals surface area contributed by atoms with Gasteiger partial charge in [0.05, 0.1) is 7.11 Å². The molecule has 0 fully saturated rings. The number of aromatic nitrogens is 4. The normalized spacial score (nSPS) is 10.3. The van der Waals surface area contributed by atoms with E-state index >= 15 is 0 Å². The molecular formula is C10H13N5O2S. The van der Waals surface area contributed by atoms with Gasteiger partial charge in [-0.1, -0.05) is 0 Å². The molecule has 18 heavy (non-hydrogen) atoms. The van der Waals surface area contributed by atoms with E-state index < -0.39 is 5.97 Å². The van der Waals surface area contributed by atoms with Crippen molar-refractivity contribution in [3.8, 4) is 0 Å². The molecule has 0 aromatic carbocycles. The number of carbonyl (C=O) groups excluding carboxylic acids is 1. The number of aryl methyl sites for hydroxylation is 1. The Hall–Kier alpha value is -1.96. The minimum atomic E-state index is -0.425. The summed E-state index contributed by atoms with van der Waals surface area (Å²) < 4.78 is 6.24.